The second-order valence-electron chi connectivity index (χ2n) is 8.60. The first-order chi connectivity index (χ1) is 18.4. The van der Waals surface area contributed by atoms with Crippen molar-refractivity contribution in [3.8, 4) is 11.1 Å². The van der Waals surface area contributed by atoms with E-state index in [-0.39, 0.29) is 5.91 Å². The summed E-state index contributed by atoms with van der Waals surface area (Å²) in [6.45, 7) is 1.71. The Morgan fingerprint density at radius 2 is 1.79 bits per heavy atom. The van der Waals surface area contributed by atoms with Gasteiger partial charge in [0.1, 0.15) is 16.3 Å². The topological polar surface area (TPSA) is 83.0 Å². The summed E-state index contributed by atoms with van der Waals surface area (Å²) in [6.07, 6.45) is 4.94. The molecule has 5 rings (SSSR count). The second-order valence-corrected chi connectivity index (χ2v) is 9.50. The lowest BCUT2D eigenvalue weighted by atomic mass is 10.0. The van der Waals surface area contributed by atoms with E-state index < -0.39 is 17.7 Å². The van der Waals surface area contributed by atoms with Crippen molar-refractivity contribution < 1.29 is 13.6 Å². The molecule has 1 unspecified atom stereocenters. The fourth-order valence-electron chi connectivity index (χ4n) is 4.36. The average molecular weight is 531 g/mol. The number of carbonyl (C=O) groups excluding carboxylic acids is 1. The van der Waals surface area contributed by atoms with Crippen LogP contribution in [0.4, 0.5) is 25.3 Å². The zero-order chi connectivity index (χ0) is 26.8. The van der Waals surface area contributed by atoms with E-state index in [1.54, 1.807) is 37.6 Å². The Morgan fingerprint density at radius 1 is 0.974 bits per heavy atom. The molecule has 0 radical (unpaired) electrons. The summed E-state index contributed by atoms with van der Waals surface area (Å²) in [5.74, 6) is -1.82. The monoisotopic (exact) mass is 530 g/mol. The highest BCUT2D eigenvalue weighted by Gasteiger charge is 2.23. The third-order valence-electron chi connectivity index (χ3n) is 6.27. The van der Waals surface area contributed by atoms with Crippen molar-refractivity contribution in [2.24, 2.45) is 0 Å². The van der Waals surface area contributed by atoms with Crippen LogP contribution >= 0.6 is 11.3 Å². The molecule has 38 heavy (non-hydrogen) atoms. The summed E-state index contributed by atoms with van der Waals surface area (Å²) in [5, 5.41) is 8.99. The largest absolute Gasteiger partial charge is 0.386 e. The van der Waals surface area contributed by atoms with Gasteiger partial charge in [-0.15, -0.1) is 11.3 Å². The number of fused-ring (bicyclic) bond motifs is 1. The number of thiophene rings is 1. The number of benzene rings is 2. The number of carbonyl (C=O) groups is 1. The zero-order valence-electron chi connectivity index (χ0n) is 20.9. The predicted molar refractivity (Wildman–Crippen MR) is 147 cm³/mol. The predicted octanol–water partition coefficient (Wildman–Crippen LogP) is 6.33. The van der Waals surface area contributed by atoms with E-state index in [1.807, 2.05) is 42.6 Å². The molecule has 0 aliphatic rings. The molecule has 2 aromatic carbocycles. The third kappa shape index (κ3) is 4.66. The van der Waals surface area contributed by atoms with Crippen LogP contribution in [0.25, 0.3) is 22.2 Å². The number of hydrogen-bond donors (Lipinski definition) is 2. The van der Waals surface area contributed by atoms with E-state index in [9.17, 15) is 13.6 Å². The number of halogens is 2. The van der Waals surface area contributed by atoms with Crippen molar-refractivity contribution in [2.45, 2.75) is 13.0 Å². The van der Waals surface area contributed by atoms with Gasteiger partial charge in [0.15, 0.2) is 11.6 Å². The summed E-state index contributed by atoms with van der Waals surface area (Å²) < 4.78 is 27.1. The highest BCUT2D eigenvalue weighted by Crippen LogP contribution is 2.43. The highest BCUT2D eigenvalue weighted by atomic mass is 32.1. The van der Waals surface area contributed by atoms with Gasteiger partial charge in [-0.3, -0.25) is 14.8 Å². The van der Waals surface area contributed by atoms with Crippen molar-refractivity contribution in [1.82, 2.24) is 20.3 Å². The fourth-order valence-corrected chi connectivity index (χ4v) is 5.24. The van der Waals surface area contributed by atoms with Crippen LogP contribution < -0.4 is 15.5 Å². The van der Waals surface area contributed by atoms with Crippen LogP contribution in [0.3, 0.4) is 0 Å². The summed E-state index contributed by atoms with van der Waals surface area (Å²) in [5.41, 5.74) is 5.08. The zero-order valence-corrected chi connectivity index (χ0v) is 21.7. The molecule has 0 saturated heterocycles. The molecule has 3 aromatic heterocycles. The third-order valence-corrected chi connectivity index (χ3v) is 7.26. The lowest BCUT2D eigenvalue weighted by molar-refractivity contribution is 0.0940. The first kappa shape index (κ1) is 25.2. The van der Waals surface area contributed by atoms with E-state index in [1.165, 1.54) is 17.4 Å². The lowest BCUT2D eigenvalue weighted by Crippen LogP contribution is -2.28. The molecule has 7 nitrogen and oxygen atoms in total. The molecule has 1 atom stereocenters. The summed E-state index contributed by atoms with van der Waals surface area (Å²) in [4.78, 5) is 28.6. The molecule has 5 aromatic rings. The highest BCUT2D eigenvalue weighted by molar-refractivity contribution is 7.15. The quantitative estimate of drug-likeness (QED) is 0.256. The number of aromatic nitrogens is 3. The van der Waals surface area contributed by atoms with Crippen LogP contribution in [0.2, 0.25) is 0 Å². The number of nitrogens with zero attached hydrogens (tertiary/aromatic N) is 4. The Kier molecular flexibility index (Phi) is 6.97. The summed E-state index contributed by atoms with van der Waals surface area (Å²) in [7, 11) is 3.70. The molecule has 192 valence electrons. The minimum absolute atomic E-state index is 0.349. The van der Waals surface area contributed by atoms with Crippen LogP contribution in [-0.4, -0.2) is 35.0 Å². The maximum absolute atomic E-state index is 13.7. The smallest absolute Gasteiger partial charge is 0.255 e. The van der Waals surface area contributed by atoms with Gasteiger partial charge in [-0.2, -0.15) is 0 Å². The van der Waals surface area contributed by atoms with E-state index >= 15 is 0 Å². The molecule has 0 aliphatic carbocycles. The molecule has 3 heterocycles. The molecule has 1 amide bonds. The number of hydrogen-bond acceptors (Lipinski definition) is 7. The van der Waals surface area contributed by atoms with Crippen LogP contribution in [0, 0.1) is 11.6 Å². The fraction of sp³-hybridized carbons (Fsp3) is 0.143. The van der Waals surface area contributed by atoms with Crippen LogP contribution in [-0.2, 0) is 0 Å². The molecular formula is C28H24F2N6OS. The molecule has 0 fully saturated rings. The Labute approximate surface area is 222 Å². The maximum atomic E-state index is 13.7. The molecular weight excluding hydrogens is 506 g/mol. The van der Waals surface area contributed by atoms with E-state index in [4.69, 9.17) is 0 Å². The van der Waals surface area contributed by atoms with Crippen molar-refractivity contribution in [2.75, 3.05) is 24.3 Å². The number of anilines is 3. The van der Waals surface area contributed by atoms with Crippen LogP contribution in [0.1, 0.15) is 28.9 Å². The van der Waals surface area contributed by atoms with Crippen molar-refractivity contribution in [3.05, 3.63) is 95.3 Å². The van der Waals surface area contributed by atoms with Gasteiger partial charge in [0.2, 0.25) is 0 Å². The van der Waals surface area contributed by atoms with Crippen molar-refractivity contribution in [3.63, 3.8) is 0 Å². The van der Waals surface area contributed by atoms with E-state index in [0.29, 0.717) is 16.9 Å². The van der Waals surface area contributed by atoms with Crippen molar-refractivity contribution >= 4 is 44.8 Å². The van der Waals surface area contributed by atoms with Gasteiger partial charge in [-0.05, 0) is 60.3 Å². The Hall–Kier alpha value is -4.44. The van der Waals surface area contributed by atoms with E-state index in [0.717, 1.165) is 45.0 Å². The van der Waals surface area contributed by atoms with Crippen LogP contribution in [0.5, 0.6) is 0 Å². The number of pyridine rings is 1. The minimum Gasteiger partial charge on any atom is -0.386 e. The van der Waals surface area contributed by atoms with Gasteiger partial charge in [0, 0.05) is 43.8 Å². The maximum Gasteiger partial charge on any atom is 0.255 e. The van der Waals surface area contributed by atoms with Gasteiger partial charge in [0.05, 0.1) is 22.8 Å². The molecule has 10 heteroatoms. The molecule has 0 spiro atoms. The SMILES string of the molecule is CNc1c(-c2ccsc2N(C)c2ncccc2C(=O)NC(C)c2ccc(F)c(F)c2)ccc2nccnc12. The number of nitrogens with one attached hydrogen (secondary N) is 2. The molecule has 2 N–H and O–H groups in total. The standard InChI is InChI=1S/C28H24F2N6OS/c1-16(17-6-8-21(29)22(30)15-17)35-27(37)20-5-4-11-34-26(20)36(3)28-19(10-14-38-28)18-7-9-23-25(24(18)31-2)33-13-12-32-23/h4-16,31H,1-3H3,(H,35,37). The normalized spacial score (nSPS) is 11.8. The first-order valence-corrected chi connectivity index (χ1v) is 12.7. The van der Waals surface area contributed by atoms with Gasteiger partial charge in [-0.25, -0.2) is 13.8 Å². The van der Waals surface area contributed by atoms with Gasteiger partial charge in [-0.1, -0.05) is 6.07 Å². The minimum atomic E-state index is -0.962. The van der Waals surface area contributed by atoms with Gasteiger partial charge in [0.25, 0.3) is 5.91 Å². The van der Waals surface area contributed by atoms with Gasteiger partial charge < -0.3 is 15.5 Å². The summed E-state index contributed by atoms with van der Waals surface area (Å²) in [6, 6.07) is 12.3. The molecule has 0 bridgehead atoms. The Balaban J connectivity index is 1.48. The average Bonchev–Trinajstić information content (AvgIpc) is 3.43. The van der Waals surface area contributed by atoms with Crippen LogP contribution in [0.15, 0.2) is 72.5 Å². The Morgan fingerprint density at radius 3 is 2.58 bits per heavy atom. The first-order valence-electron chi connectivity index (χ1n) is 11.8. The number of rotatable bonds is 7. The van der Waals surface area contributed by atoms with Crippen molar-refractivity contribution in [1.29, 1.82) is 0 Å². The molecule has 0 saturated carbocycles. The van der Waals surface area contributed by atoms with E-state index in [2.05, 4.69) is 25.6 Å². The van der Waals surface area contributed by atoms with Gasteiger partial charge >= 0.3 is 0 Å². The Bertz CT molecular complexity index is 1640. The summed E-state index contributed by atoms with van der Waals surface area (Å²) >= 11 is 1.52. The second kappa shape index (κ2) is 10.5. The number of amides is 1. The molecule has 0 aliphatic heterocycles. The lowest BCUT2D eigenvalue weighted by Gasteiger charge is -2.23.